The highest BCUT2D eigenvalue weighted by atomic mass is 16.2. The van der Waals surface area contributed by atoms with Crippen LogP contribution in [0.15, 0.2) is 18.2 Å². The van der Waals surface area contributed by atoms with E-state index in [2.05, 4.69) is 24.1 Å². The Hall–Kier alpha value is -1.79. The zero-order valence-electron chi connectivity index (χ0n) is 11.4. The number of aliphatic hydroxyl groups excluding tert-OH is 1. The first-order chi connectivity index (χ1) is 9.04. The Balaban J connectivity index is 2.12. The van der Waals surface area contributed by atoms with Crippen LogP contribution < -0.4 is 5.32 Å². The molecule has 1 aromatic carbocycles. The molecule has 0 unspecified atom stereocenters. The standard InChI is InChI=1S/C16H19NO2/c1-12-11-14(7-6-13(12)5-3-10-18)15(19)17-16(2)8-4-9-16/h6-7,11,18H,4,8-10H2,1-2H3,(H,17,19). The zero-order valence-corrected chi connectivity index (χ0v) is 11.4. The van der Waals surface area contributed by atoms with Crippen molar-refractivity contribution >= 4 is 5.91 Å². The van der Waals surface area contributed by atoms with Gasteiger partial charge in [0.2, 0.25) is 0 Å². The number of hydrogen-bond donors (Lipinski definition) is 2. The normalized spacial score (nSPS) is 15.9. The molecule has 1 aromatic rings. The molecular formula is C16H19NO2. The maximum atomic E-state index is 12.1. The minimum Gasteiger partial charge on any atom is -0.384 e. The van der Waals surface area contributed by atoms with Crippen LogP contribution in [0.5, 0.6) is 0 Å². The van der Waals surface area contributed by atoms with Gasteiger partial charge in [-0.05, 0) is 56.9 Å². The molecule has 0 aliphatic heterocycles. The van der Waals surface area contributed by atoms with E-state index in [9.17, 15) is 4.79 Å². The number of nitrogens with one attached hydrogen (secondary N) is 1. The quantitative estimate of drug-likeness (QED) is 0.796. The molecule has 0 heterocycles. The minimum atomic E-state index is -0.153. The average molecular weight is 257 g/mol. The highest BCUT2D eigenvalue weighted by molar-refractivity contribution is 5.95. The van der Waals surface area contributed by atoms with Crippen molar-refractivity contribution in [2.24, 2.45) is 0 Å². The minimum absolute atomic E-state index is 0.0213. The SMILES string of the molecule is Cc1cc(C(=O)NC2(C)CCC2)ccc1C#CCO. The van der Waals surface area contributed by atoms with E-state index < -0.39 is 0 Å². The summed E-state index contributed by atoms with van der Waals surface area (Å²) in [6.45, 7) is 3.85. The second-order valence-electron chi connectivity index (χ2n) is 5.36. The van der Waals surface area contributed by atoms with E-state index in [1.807, 2.05) is 19.1 Å². The highest BCUT2D eigenvalue weighted by Crippen LogP contribution is 2.31. The van der Waals surface area contributed by atoms with E-state index in [4.69, 9.17) is 5.11 Å². The van der Waals surface area contributed by atoms with E-state index in [0.717, 1.165) is 24.0 Å². The maximum Gasteiger partial charge on any atom is 0.251 e. The fourth-order valence-electron chi connectivity index (χ4n) is 2.26. The van der Waals surface area contributed by atoms with Crippen LogP contribution in [0.25, 0.3) is 0 Å². The molecule has 19 heavy (non-hydrogen) atoms. The predicted molar refractivity (Wildman–Crippen MR) is 74.9 cm³/mol. The van der Waals surface area contributed by atoms with Crippen LogP contribution >= 0.6 is 0 Å². The summed E-state index contributed by atoms with van der Waals surface area (Å²) in [5.41, 5.74) is 2.44. The van der Waals surface area contributed by atoms with Crippen LogP contribution in [0, 0.1) is 18.8 Å². The van der Waals surface area contributed by atoms with E-state index in [1.54, 1.807) is 6.07 Å². The van der Waals surface area contributed by atoms with Crippen LogP contribution in [0.2, 0.25) is 0 Å². The third-order valence-electron chi connectivity index (χ3n) is 3.66. The zero-order chi connectivity index (χ0) is 13.9. The largest absolute Gasteiger partial charge is 0.384 e. The number of carbonyl (C=O) groups is 1. The molecule has 1 amide bonds. The molecule has 2 N–H and O–H groups in total. The molecule has 0 saturated heterocycles. The summed E-state index contributed by atoms with van der Waals surface area (Å²) in [5.74, 6) is 5.46. The van der Waals surface area contributed by atoms with Gasteiger partial charge in [0.15, 0.2) is 0 Å². The van der Waals surface area contributed by atoms with Crippen molar-refractivity contribution in [3.05, 3.63) is 34.9 Å². The molecule has 3 nitrogen and oxygen atoms in total. The van der Waals surface area contributed by atoms with Crippen molar-refractivity contribution in [2.75, 3.05) is 6.61 Å². The maximum absolute atomic E-state index is 12.1. The van der Waals surface area contributed by atoms with Crippen molar-refractivity contribution < 1.29 is 9.90 Å². The topological polar surface area (TPSA) is 49.3 Å². The van der Waals surface area contributed by atoms with Crippen molar-refractivity contribution in [3.8, 4) is 11.8 Å². The Bertz CT molecular complexity index is 548. The molecule has 100 valence electrons. The third kappa shape index (κ3) is 3.15. The molecule has 0 atom stereocenters. The molecule has 1 fully saturated rings. The van der Waals surface area contributed by atoms with Gasteiger partial charge in [0.1, 0.15) is 6.61 Å². The predicted octanol–water partition coefficient (Wildman–Crippen LogP) is 2.01. The van der Waals surface area contributed by atoms with Gasteiger partial charge >= 0.3 is 0 Å². The Morgan fingerprint density at radius 2 is 2.21 bits per heavy atom. The van der Waals surface area contributed by atoms with Crippen LogP contribution in [0.1, 0.15) is 47.7 Å². The van der Waals surface area contributed by atoms with E-state index >= 15 is 0 Å². The van der Waals surface area contributed by atoms with Gasteiger partial charge < -0.3 is 10.4 Å². The van der Waals surface area contributed by atoms with E-state index in [0.29, 0.717) is 5.56 Å². The van der Waals surface area contributed by atoms with Crippen molar-refractivity contribution in [1.29, 1.82) is 0 Å². The van der Waals surface area contributed by atoms with E-state index in [-0.39, 0.29) is 18.1 Å². The molecule has 2 rings (SSSR count). The second kappa shape index (κ2) is 5.46. The number of amides is 1. The first-order valence-electron chi connectivity index (χ1n) is 6.57. The van der Waals surface area contributed by atoms with Crippen LogP contribution in [-0.2, 0) is 0 Å². The number of benzene rings is 1. The summed E-state index contributed by atoms with van der Waals surface area (Å²) >= 11 is 0. The highest BCUT2D eigenvalue weighted by Gasteiger charge is 2.33. The first kappa shape index (κ1) is 13.6. The Morgan fingerprint density at radius 3 is 2.74 bits per heavy atom. The molecule has 1 aliphatic carbocycles. The summed E-state index contributed by atoms with van der Waals surface area (Å²) in [4.78, 5) is 12.1. The molecule has 1 saturated carbocycles. The van der Waals surface area contributed by atoms with Gasteiger partial charge in [0, 0.05) is 16.7 Å². The van der Waals surface area contributed by atoms with Crippen LogP contribution in [0.3, 0.4) is 0 Å². The van der Waals surface area contributed by atoms with Gasteiger partial charge in [-0.3, -0.25) is 4.79 Å². The van der Waals surface area contributed by atoms with Gasteiger partial charge in [-0.2, -0.15) is 0 Å². The molecular weight excluding hydrogens is 238 g/mol. The lowest BCUT2D eigenvalue weighted by Crippen LogP contribution is -2.50. The van der Waals surface area contributed by atoms with Gasteiger partial charge in [0.25, 0.3) is 5.91 Å². The number of hydrogen-bond acceptors (Lipinski definition) is 2. The number of aliphatic hydroxyl groups is 1. The number of rotatable bonds is 2. The lowest BCUT2D eigenvalue weighted by molar-refractivity contribution is 0.0850. The Labute approximate surface area is 114 Å². The molecule has 3 heteroatoms. The summed E-state index contributed by atoms with van der Waals surface area (Å²) < 4.78 is 0. The summed E-state index contributed by atoms with van der Waals surface area (Å²) in [6.07, 6.45) is 3.29. The number of carbonyl (C=O) groups excluding carboxylic acids is 1. The third-order valence-corrected chi connectivity index (χ3v) is 3.66. The Kier molecular flexibility index (Phi) is 3.92. The molecule has 0 bridgehead atoms. The lowest BCUT2D eigenvalue weighted by Gasteiger charge is -2.39. The first-order valence-corrected chi connectivity index (χ1v) is 6.57. The smallest absolute Gasteiger partial charge is 0.251 e. The lowest BCUT2D eigenvalue weighted by atomic mass is 9.78. The van der Waals surface area contributed by atoms with Crippen molar-refractivity contribution in [2.45, 2.75) is 38.6 Å². The van der Waals surface area contributed by atoms with Crippen LogP contribution in [-0.4, -0.2) is 23.2 Å². The Morgan fingerprint density at radius 1 is 1.47 bits per heavy atom. The van der Waals surface area contributed by atoms with Gasteiger partial charge in [-0.25, -0.2) is 0 Å². The van der Waals surface area contributed by atoms with Gasteiger partial charge in [-0.15, -0.1) is 0 Å². The number of aryl methyl sites for hydroxylation is 1. The molecule has 1 aliphatic rings. The van der Waals surface area contributed by atoms with Crippen molar-refractivity contribution in [3.63, 3.8) is 0 Å². The van der Waals surface area contributed by atoms with Crippen LogP contribution in [0.4, 0.5) is 0 Å². The monoisotopic (exact) mass is 257 g/mol. The van der Waals surface area contributed by atoms with Crippen molar-refractivity contribution in [1.82, 2.24) is 5.32 Å². The molecule has 0 radical (unpaired) electrons. The van der Waals surface area contributed by atoms with Gasteiger partial charge in [0.05, 0.1) is 0 Å². The summed E-state index contributed by atoms with van der Waals surface area (Å²) in [6, 6.07) is 5.46. The van der Waals surface area contributed by atoms with Gasteiger partial charge in [-0.1, -0.05) is 11.8 Å². The fraction of sp³-hybridized carbons (Fsp3) is 0.438. The summed E-state index contributed by atoms with van der Waals surface area (Å²) in [5, 5.41) is 11.8. The fourth-order valence-corrected chi connectivity index (χ4v) is 2.26. The molecule has 0 spiro atoms. The van der Waals surface area contributed by atoms with E-state index in [1.165, 1.54) is 6.42 Å². The summed E-state index contributed by atoms with van der Waals surface area (Å²) in [7, 11) is 0. The molecule has 0 aromatic heterocycles. The second-order valence-corrected chi connectivity index (χ2v) is 5.36. The average Bonchev–Trinajstić information content (AvgIpc) is 2.35.